The second-order valence-electron chi connectivity index (χ2n) is 4.29. The van der Waals surface area contributed by atoms with Gasteiger partial charge in [-0.2, -0.15) is 28.1 Å². The van der Waals surface area contributed by atoms with E-state index >= 15 is 0 Å². The molecular weight excluding hydrogens is 273 g/mol. The van der Waals surface area contributed by atoms with Crippen molar-refractivity contribution in [1.82, 2.24) is 25.0 Å². The number of nitrogens with zero attached hydrogens (tertiary/aromatic N) is 4. The van der Waals surface area contributed by atoms with Crippen LogP contribution in [0.5, 0.6) is 0 Å². The number of nitrogens with two attached hydrogens (primary N) is 1. The van der Waals surface area contributed by atoms with Crippen molar-refractivity contribution in [3.63, 3.8) is 0 Å². The molecule has 3 aromatic heterocycles. The van der Waals surface area contributed by atoms with Gasteiger partial charge in [-0.1, -0.05) is 0 Å². The van der Waals surface area contributed by atoms with Crippen LogP contribution < -0.4 is 5.73 Å². The van der Waals surface area contributed by atoms with E-state index in [1.54, 1.807) is 19.1 Å². The molecule has 3 N–H and O–H groups in total. The van der Waals surface area contributed by atoms with Crippen LogP contribution in [0.2, 0.25) is 0 Å². The van der Waals surface area contributed by atoms with Crippen LogP contribution >= 0.6 is 0 Å². The number of fused-ring (bicyclic) bond motifs is 1. The molecular formula is C11H9F3N6. The normalized spacial score (nSPS) is 12.2. The van der Waals surface area contributed by atoms with Gasteiger partial charge in [-0.3, -0.25) is 5.10 Å². The number of rotatable bonds is 1. The van der Waals surface area contributed by atoms with Gasteiger partial charge in [0.15, 0.2) is 17.2 Å². The lowest BCUT2D eigenvalue weighted by molar-refractivity contribution is -0.140. The molecule has 0 aliphatic carbocycles. The summed E-state index contributed by atoms with van der Waals surface area (Å²) in [5, 5.41) is 9.41. The zero-order chi connectivity index (χ0) is 14.5. The van der Waals surface area contributed by atoms with E-state index in [0.29, 0.717) is 0 Å². The first-order chi connectivity index (χ1) is 9.38. The Kier molecular flexibility index (Phi) is 2.46. The number of anilines is 1. The molecule has 0 aliphatic heterocycles. The van der Waals surface area contributed by atoms with Crippen LogP contribution in [0.15, 0.2) is 18.3 Å². The van der Waals surface area contributed by atoms with Gasteiger partial charge in [0.1, 0.15) is 5.82 Å². The van der Waals surface area contributed by atoms with Crippen LogP contribution in [0, 0.1) is 6.92 Å². The van der Waals surface area contributed by atoms with Crippen molar-refractivity contribution in [2.24, 2.45) is 0 Å². The summed E-state index contributed by atoms with van der Waals surface area (Å²) in [7, 11) is 0. The van der Waals surface area contributed by atoms with Gasteiger partial charge < -0.3 is 5.73 Å². The van der Waals surface area contributed by atoms with E-state index < -0.39 is 11.9 Å². The Morgan fingerprint density at radius 2 is 2.10 bits per heavy atom. The third-order valence-electron chi connectivity index (χ3n) is 2.80. The molecule has 9 heteroatoms. The molecule has 0 aromatic carbocycles. The first kappa shape index (κ1) is 12.5. The van der Waals surface area contributed by atoms with Crippen molar-refractivity contribution < 1.29 is 13.2 Å². The lowest BCUT2D eigenvalue weighted by atomic mass is 10.3. The van der Waals surface area contributed by atoms with Gasteiger partial charge in [0.25, 0.3) is 0 Å². The number of pyridine rings is 1. The Balaban J connectivity index is 2.33. The predicted molar refractivity (Wildman–Crippen MR) is 65.2 cm³/mol. The fraction of sp³-hybridized carbons (Fsp3) is 0.182. The Morgan fingerprint density at radius 1 is 1.35 bits per heavy atom. The molecule has 0 saturated heterocycles. The maximum atomic E-state index is 13.0. The number of aromatic nitrogens is 5. The van der Waals surface area contributed by atoms with Crippen LogP contribution in [-0.2, 0) is 6.18 Å². The molecule has 6 nitrogen and oxygen atoms in total. The molecule has 0 fully saturated rings. The first-order valence-electron chi connectivity index (χ1n) is 5.60. The molecule has 20 heavy (non-hydrogen) atoms. The summed E-state index contributed by atoms with van der Waals surface area (Å²) in [6.07, 6.45) is -3.13. The SMILES string of the molecule is Cc1ccnc(-n2nc(C(F)(F)F)c3c(N)[nH]nc32)c1. The first-order valence-corrected chi connectivity index (χ1v) is 5.60. The van der Waals surface area contributed by atoms with E-state index in [-0.39, 0.29) is 22.7 Å². The second-order valence-corrected chi connectivity index (χ2v) is 4.29. The molecule has 0 radical (unpaired) electrons. The van der Waals surface area contributed by atoms with E-state index in [1.165, 1.54) is 6.20 Å². The minimum Gasteiger partial charge on any atom is -0.383 e. The minimum atomic E-state index is -4.62. The number of hydrogen-bond donors (Lipinski definition) is 2. The highest BCUT2D eigenvalue weighted by atomic mass is 19.4. The number of aryl methyl sites for hydroxylation is 1. The van der Waals surface area contributed by atoms with Crippen molar-refractivity contribution in [2.75, 3.05) is 5.73 Å². The van der Waals surface area contributed by atoms with Gasteiger partial charge in [-0.15, -0.1) is 0 Å². The molecule has 3 heterocycles. The number of aromatic amines is 1. The van der Waals surface area contributed by atoms with E-state index in [1.807, 2.05) is 0 Å². The largest absolute Gasteiger partial charge is 0.436 e. The number of nitrogen functional groups attached to an aromatic ring is 1. The van der Waals surface area contributed by atoms with Crippen molar-refractivity contribution >= 4 is 16.9 Å². The highest BCUT2D eigenvalue weighted by Gasteiger charge is 2.39. The average molecular weight is 282 g/mol. The second kappa shape index (κ2) is 3.95. The van der Waals surface area contributed by atoms with Gasteiger partial charge in [-0.05, 0) is 24.6 Å². The number of alkyl halides is 3. The highest BCUT2D eigenvalue weighted by molar-refractivity contribution is 5.90. The monoisotopic (exact) mass is 282 g/mol. The zero-order valence-electron chi connectivity index (χ0n) is 10.2. The van der Waals surface area contributed by atoms with Gasteiger partial charge >= 0.3 is 6.18 Å². The Labute approximate surface area is 110 Å². The number of halogens is 3. The van der Waals surface area contributed by atoms with E-state index in [0.717, 1.165) is 10.2 Å². The van der Waals surface area contributed by atoms with Crippen molar-refractivity contribution in [3.8, 4) is 5.82 Å². The molecule has 0 bridgehead atoms. The van der Waals surface area contributed by atoms with Crippen LogP contribution in [-0.4, -0.2) is 25.0 Å². The predicted octanol–water partition coefficient (Wildman–Crippen LogP) is 2.05. The van der Waals surface area contributed by atoms with E-state index in [9.17, 15) is 13.2 Å². The summed E-state index contributed by atoms with van der Waals surface area (Å²) < 4.78 is 40.0. The maximum Gasteiger partial charge on any atom is 0.436 e. The number of nitrogens with one attached hydrogen (secondary N) is 1. The van der Waals surface area contributed by atoms with E-state index in [4.69, 9.17) is 5.73 Å². The smallest absolute Gasteiger partial charge is 0.383 e. The quantitative estimate of drug-likeness (QED) is 0.715. The minimum absolute atomic E-state index is 0.00655. The summed E-state index contributed by atoms with van der Waals surface area (Å²) in [6, 6.07) is 3.34. The van der Waals surface area contributed by atoms with Crippen LogP contribution in [0.1, 0.15) is 11.3 Å². The molecule has 0 saturated carbocycles. The van der Waals surface area contributed by atoms with Crippen LogP contribution in [0.25, 0.3) is 16.9 Å². The molecule has 104 valence electrons. The van der Waals surface area contributed by atoms with Crippen molar-refractivity contribution in [3.05, 3.63) is 29.6 Å². The fourth-order valence-electron chi connectivity index (χ4n) is 1.92. The maximum absolute atomic E-state index is 13.0. The Morgan fingerprint density at radius 3 is 2.75 bits per heavy atom. The Hall–Kier alpha value is -2.58. The molecule has 3 aromatic rings. The standard InChI is InChI=1S/C11H9F3N6/c1-5-2-3-16-6(4-5)20-10-7(9(15)17-18-10)8(19-20)11(12,13)14/h2-4H,1H3,(H3,15,17,18). The molecule has 0 amide bonds. The summed E-state index contributed by atoms with van der Waals surface area (Å²) in [6.45, 7) is 1.80. The summed E-state index contributed by atoms with van der Waals surface area (Å²) in [5.41, 5.74) is 5.26. The molecule has 0 unspecified atom stereocenters. The summed E-state index contributed by atoms with van der Waals surface area (Å²) in [4.78, 5) is 4.00. The summed E-state index contributed by atoms with van der Waals surface area (Å²) in [5.74, 6) is 0.0724. The molecule has 3 rings (SSSR count). The third kappa shape index (κ3) is 1.78. The summed E-state index contributed by atoms with van der Waals surface area (Å²) >= 11 is 0. The third-order valence-corrected chi connectivity index (χ3v) is 2.80. The van der Waals surface area contributed by atoms with Crippen LogP contribution in [0.4, 0.5) is 19.0 Å². The lowest BCUT2D eigenvalue weighted by Crippen LogP contribution is -2.09. The molecule has 0 aliphatic rings. The van der Waals surface area contributed by atoms with Gasteiger partial charge in [-0.25, -0.2) is 4.98 Å². The number of H-pyrrole nitrogens is 1. The van der Waals surface area contributed by atoms with E-state index in [2.05, 4.69) is 20.3 Å². The van der Waals surface area contributed by atoms with Crippen molar-refractivity contribution in [1.29, 1.82) is 0 Å². The molecule has 0 atom stereocenters. The van der Waals surface area contributed by atoms with Crippen molar-refractivity contribution in [2.45, 2.75) is 13.1 Å². The topological polar surface area (TPSA) is 85.4 Å². The average Bonchev–Trinajstić information content (AvgIpc) is 2.90. The lowest BCUT2D eigenvalue weighted by Gasteiger charge is -2.03. The Bertz CT molecular complexity index is 785. The van der Waals surface area contributed by atoms with Gasteiger partial charge in [0, 0.05) is 6.20 Å². The van der Waals surface area contributed by atoms with Crippen LogP contribution in [0.3, 0.4) is 0 Å². The molecule has 0 spiro atoms. The van der Waals surface area contributed by atoms with Gasteiger partial charge in [0.05, 0.1) is 5.39 Å². The highest BCUT2D eigenvalue weighted by Crippen LogP contribution is 2.36. The fourth-order valence-corrected chi connectivity index (χ4v) is 1.92. The number of hydrogen-bond acceptors (Lipinski definition) is 4. The zero-order valence-corrected chi connectivity index (χ0v) is 10.2. The van der Waals surface area contributed by atoms with Gasteiger partial charge in [0.2, 0.25) is 0 Å².